The summed E-state index contributed by atoms with van der Waals surface area (Å²) in [6.07, 6.45) is 3.28. The van der Waals surface area contributed by atoms with Crippen LogP contribution in [0.25, 0.3) is 0 Å². The van der Waals surface area contributed by atoms with E-state index in [1.54, 1.807) is 0 Å². The van der Waals surface area contributed by atoms with Gasteiger partial charge in [0.1, 0.15) is 0 Å². The van der Waals surface area contributed by atoms with Crippen molar-refractivity contribution >= 4 is 17.7 Å². The maximum atomic E-state index is 11.6. The van der Waals surface area contributed by atoms with E-state index in [0.717, 1.165) is 31.6 Å². The topological polar surface area (TPSA) is 41.1 Å². The van der Waals surface area contributed by atoms with E-state index in [1.807, 2.05) is 11.8 Å². The Hall–Kier alpha value is -0.220. The van der Waals surface area contributed by atoms with Crippen LogP contribution in [0.15, 0.2) is 0 Å². The van der Waals surface area contributed by atoms with Crippen molar-refractivity contribution in [2.45, 2.75) is 31.3 Å². The van der Waals surface area contributed by atoms with Gasteiger partial charge in [0, 0.05) is 11.8 Å². The molecule has 0 aromatic heterocycles. The molecule has 0 saturated carbocycles. The number of carbonyl (C=O) groups excluding carboxylic acids is 1. The molecule has 2 rings (SSSR count). The van der Waals surface area contributed by atoms with Gasteiger partial charge in [-0.3, -0.25) is 4.79 Å². The number of hydrogen-bond donors (Lipinski definition) is 2. The number of carbonyl (C=O) groups is 1. The molecule has 2 fully saturated rings. The fourth-order valence-electron chi connectivity index (χ4n) is 1.86. The van der Waals surface area contributed by atoms with Gasteiger partial charge in [0.25, 0.3) is 0 Å². The molecule has 0 aromatic rings. The highest BCUT2D eigenvalue weighted by Crippen LogP contribution is 2.17. The molecule has 0 radical (unpaired) electrons. The molecule has 74 valence electrons. The summed E-state index contributed by atoms with van der Waals surface area (Å²) in [6.45, 7) is 0.998. The minimum Gasteiger partial charge on any atom is -0.351 e. The van der Waals surface area contributed by atoms with E-state index in [-0.39, 0.29) is 11.9 Å². The van der Waals surface area contributed by atoms with Gasteiger partial charge >= 0.3 is 0 Å². The van der Waals surface area contributed by atoms with Gasteiger partial charge in [-0.15, -0.1) is 0 Å². The lowest BCUT2D eigenvalue weighted by molar-refractivity contribution is -0.123. The van der Waals surface area contributed by atoms with Gasteiger partial charge in [0.15, 0.2) is 0 Å². The van der Waals surface area contributed by atoms with Crippen LogP contribution in [0.3, 0.4) is 0 Å². The fourth-order valence-corrected chi connectivity index (χ4v) is 3.01. The number of rotatable bonds is 2. The summed E-state index contributed by atoms with van der Waals surface area (Å²) in [5.74, 6) is 2.51. The molecule has 2 aliphatic rings. The van der Waals surface area contributed by atoms with Gasteiger partial charge in [-0.25, -0.2) is 0 Å². The number of nitrogens with one attached hydrogen (secondary N) is 2. The average molecular weight is 200 g/mol. The monoisotopic (exact) mass is 200 g/mol. The van der Waals surface area contributed by atoms with Crippen LogP contribution >= 0.6 is 11.8 Å². The SMILES string of the molecule is O=C(NC1CCSC1)C1CCCN1. The van der Waals surface area contributed by atoms with E-state index in [2.05, 4.69) is 10.6 Å². The van der Waals surface area contributed by atoms with Crippen LogP contribution in [0.5, 0.6) is 0 Å². The van der Waals surface area contributed by atoms with Crippen molar-refractivity contribution in [2.24, 2.45) is 0 Å². The van der Waals surface area contributed by atoms with Crippen molar-refractivity contribution in [3.63, 3.8) is 0 Å². The minimum absolute atomic E-state index is 0.0885. The van der Waals surface area contributed by atoms with Crippen LogP contribution in [0, 0.1) is 0 Å². The van der Waals surface area contributed by atoms with Crippen molar-refractivity contribution in [2.75, 3.05) is 18.1 Å². The summed E-state index contributed by atoms with van der Waals surface area (Å²) >= 11 is 1.93. The normalized spacial score (nSPS) is 33.5. The van der Waals surface area contributed by atoms with Gasteiger partial charge in [0.2, 0.25) is 5.91 Å². The predicted octanol–water partition coefficient (Wildman–Crippen LogP) is 0.360. The second-order valence-electron chi connectivity index (χ2n) is 3.72. The molecule has 0 bridgehead atoms. The molecule has 2 saturated heterocycles. The van der Waals surface area contributed by atoms with Crippen LogP contribution in [-0.2, 0) is 4.79 Å². The third-order valence-electron chi connectivity index (χ3n) is 2.65. The lowest BCUT2D eigenvalue weighted by Gasteiger charge is -2.15. The van der Waals surface area contributed by atoms with Crippen LogP contribution in [-0.4, -0.2) is 36.0 Å². The molecule has 4 heteroatoms. The standard InChI is InChI=1S/C9H16N2OS/c12-9(8-2-1-4-10-8)11-7-3-5-13-6-7/h7-8,10H,1-6H2,(H,11,12). The van der Waals surface area contributed by atoms with Crippen molar-refractivity contribution in [3.05, 3.63) is 0 Å². The van der Waals surface area contributed by atoms with Crippen LogP contribution < -0.4 is 10.6 Å². The summed E-state index contributed by atoms with van der Waals surface area (Å²) < 4.78 is 0. The Bertz CT molecular complexity index is 186. The molecule has 1 amide bonds. The van der Waals surface area contributed by atoms with E-state index >= 15 is 0 Å². The Morgan fingerprint density at radius 2 is 2.38 bits per heavy atom. The highest BCUT2D eigenvalue weighted by Gasteiger charge is 2.25. The molecule has 2 N–H and O–H groups in total. The lowest BCUT2D eigenvalue weighted by atomic mass is 10.2. The summed E-state index contributed by atoms with van der Waals surface area (Å²) in [4.78, 5) is 11.6. The van der Waals surface area contributed by atoms with Gasteiger partial charge < -0.3 is 10.6 Å². The average Bonchev–Trinajstić information content (AvgIpc) is 2.74. The Morgan fingerprint density at radius 1 is 1.46 bits per heavy atom. The van der Waals surface area contributed by atoms with E-state index in [4.69, 9.17) is 0 Å². The Labute approximate surface area is 83.0 Å². The van der Waals surface area contributed by atoms with Gasteiger partial charge in [-0.05, 0) is 31.6 Å². The Balaban J connectivity index is 1.76. The van der Waals surface area contributed by atoms with Crippen LogP contribution in [0.4, 0.5) is 0 Å². The molecule has 2 atom stereocenters. The van der Waals surface area contributed by atoms with E-state index in [1.165, 1.54) is 5.75 Å². The summed E-state index contributed by atoms with van der Waals surface area (Å²) in [5.41, 5.74) is 0. The molecule has 2 heterocycles. The Morgan fingerprint density at radius 3 is 3.00 bits per heavy atom. The molecular weight excluding hydrogens is 184 g/mol. The predicted molar refractivity (Wildman–Crippen MR) is 54.9 cm³/mol. The zero-order chi connectivity index (χ0) is 9.10. The van der Waals surface area contributed by atoms with Crippen molar-refractivity contribution in [1.29, 1.82) is 0 Å². The first-order valence-electron chi connectivity index (χ1n) is 4.98. The van der Waals surface area contributed by atoms with Crippen molar-refractivity contribution < 1.29 is 4.79 Å². The van der Waals surface area contributed by atoms with Gasteiger partial charge in [-0.1, -0.05) is 0 Å². The quantitative estimate of drug-likeness (QED) is 0.676. The third-order valence-corrected chi connectivity index (χ3v) is 3.82. The van der Waals surface area contributed by atoms with Crippen LogP contribution in [0.2, 0.25) is 0 Å². The molecule has 3 nitrogen and oxygen atoms in total. The molecule has 2 unspecified atom stereocenters. The van der Waals surface area contributed by atoms with E-state index < -0.39 is 0 Å². The fraction of sp³-hybridized carbons (Fsp3) is 0.889. The summed E-state index contributed by atoms with van der Waals surface area (Å²) in [6, 6.07) is 0.519. The lowest BCUT2D eigenvalue weighted by Crippen LogP contribution is -2.45. The second kappa shape index (κ2) is 4.33. The number of thioether (sulfide) groups is 1. The first kappa shape index (κ1) is 9.34. The van der Waals surface area contributed by atoms with Gasteiger partial charge in [-0.2, -0.15) is 11.8 Å². The largest absolute Gasteiger partial charge is 0.351 e. The van der Waals surface area contributed by atoms with Crippen molar-refractivity contribution in [3.8, 4) is 0 Å². The zero-order valence-corrected chi connectivity index (χ0v) is 8.53. The molecule has 2 aliphatic heterocycles. The smallest absolute Gasteiger partial charge is 0.237 e. The zero-order valence-electron chi connectivity index (χ0n) is 7.71. The molecule has 0 aromatic carbocycles. The first-order chi connectivity index (χ1) is 6.36. The highest BCUT2D eigenvalue weighted by molar-refractivity contribution is 7.99. The minimum atomic E-state index is 0.0885. The maximum absolute atomic E-state index is 11.6. The third kappa shape index (κ3) is 2.38. The number of hydrogen-bond acceptors (Lipinski definition) is 3. The Kier molecular flexibility index (Phi) is 3.11. The summed E-state index contributed by atoms with van der Waals surface area (Å²) in [5, 5.41) is 6.31. The number of amides is 1. The second-order valence-corrected chi connectivity index (χ2v) is 4.87. The first-order valence-corrected chi connectivity index (χ1v) is 6.13. The molecule has 13 heavy (non-hydrogen) atoms. The van der Waals surface area contributed by atoms with E-state index in [9.17, 15) is 4.79 Å². The molecular formula is C9H16N2OS. The van der Waals surface area contributed by atoms with Crippen molar-refractivity contribution in [1.82, 2.24) is 10.6 Å². The molecule has 0 aliphatic carbocycles. The maximum Gasteiger partial charge on any atom is 0.237 e. The van der Waals surface area contributed by atoms with Crippen LogP contribution in [0.1, 0.15) is 19.3 Å². The van der Waals surface area contributed by atoms with Gasteiger partial charge in [0.05, 0.1) is 6.04 Å². The highest BCUT2D eigenvalue weighted by atomic mass is 32.2. The molecule has 0 spiro atoms. The summed E-state index contributed by atoms with van der Waals surface area (Å²) in [7, 11) is 0. The van der Waals surface area contributed by atoms with E-state index in [0.29, 0.717) is 6.04 Å².